The lowest BCUT2D eigenvalue weighted by Gasteiger charge is -2.20. The van der Waals surface area contributed by atoms with E-state index >= 15 is 0 Å². The zero-order valence-corrected chi connectivity index (χ0v) is 29.9. The molecule has 6 heteroatoms. The van der Waals surface area contributed by atoms with Crippen LogP contribution in [0.3, 0.4) is 0 Å². The average Bonchev–Trinajstić information content (AvgIpc) is 3.15. The lowest BCUT2D eigenvalue weighted by atomic mass is 9.97. The van der Waals surface area contributed by atoms with Crippen molar-refractivity contribution in [3.05, 3.63) is 72.8 Å². The van der Waals surface area contributed by atoms with Crippen molar-refractivity contribution in [3.8, 4) is 23.0 Å². The molecule has 0 fully saturated rings. The largest absolute Gasteiger partial charge is 0.492 e. The van der Waals surface area contributed by atoms with Crippen molar-refractivity contribution in [2.45, 2.75) is 79.1 Å². The summed E-state index contributed by atoms with van der Waals surface area (Å²) in [6, 6.07) is 25.2. The van der Waals surface area contributed by atoms with E-state index in [4.69, 9.17) is 28.9 Å². The molecule has 7 aromatic rings. The van der Waals surface area contributed by atoms with E-state index in [1.807, 2.05) is 0 Å². The van der Waals surface area contributed by atoms with Crippen molar-refractivity contribution in [1.82, 2.24) is 9.97 Å². The molecule has 1 heterocycles. The van der Waals surface area contributed by atoms with Gasteiger partial charge in [-0.25, -0.2) is 9.97 Å². The summed E-state index contributed by atoms with van der Waals surface area (Å²) < 4.78 is 26.5. The summed E-state index contributed by atoms with van der Waals surface area (Å²) in [5, 5.41) is 8.05. The maximum atomic E-state index is 6.67. The first kappa shape index (κ1) is 33.6. The number of aromatic nitrogens is 2. The molecule has 0 unspecified atom stereocenters. The molecule has 0 amide bonds. The molecular formula is C44H48N2O4. The zero-order valence-electron chi connectivity index (χ0n) is 29.9. The van der Waals surface area contributed by atoms with Gasteiger partial charge in [0.25, 0.3) is 0 Å². The Morgan fingerprint density at radius 2 is 0.700 bits per heavy atom. The molecule has 0 N–H and O–H groups in total. The predicted octanol–water partition coefficient (Wildman–Crippen LogP) is 12.1. The number of benzene rings is 6. The number of unbranched alkanes of at least 4 members (excludes halogenated alkanes) is 4. The van der Waals surface area contributed by atoms with Crippen molar-refractivity contribution in [1.29, 1.82) is 0 Å². The van der Waals surface area contributed by atoms with Crippen LogP contribution in [-0.4, -0.2) is 36.4 Å². The van der Waals surface area contributed by atoms with E-state index in [1.54, 1.807) is 0 Å². The van der Waals surface area contributed by atoms with Crippen LogP contribution in [0, 0.1) is 0 Å². The normalized spacial score (nSPS) is 11.8. The molecule has 0 bridgehead atoms. The maximum Gasteiger partial charge on any atom is 0.137 e. The van der Waals surface area contributed by atoms with Crippen LogP contribution < -0.4 is 18.9 Å². The molecule has 0 aliphatic heterocycles. The van der Waals surface area contributed by atoms with Crippen molar-refractivity contribution >= 4 is 65.2 Å². The van der Waals surface area contributed by atoms with E-state index in [2.05, 4.69) is 100 Å². The first-order chi connectivity index (χ1) is 24.7. The van der Waals surface area contributed by atoms with Gasteiger partial charge in [0.1, 0.15) is 34.0 Å². The molecule has 0 atom stereocenters. The van der Waals surface area contributed by atoms with Crippen LogP contribution >= 0.6 is 0 Å². The van der Waals surface area contributed by atoms with Gasteiger partial charge in [-0.1, -0.05) is 102 Å². The highest BCUT2D eigenvalue weighted by molar-refractivity contribution is 6.22. The molecular weight excluding hydrogens is 620 g/mol. The minimum absolute atomic E-state index is 0.625. The highest BCUT2D eigenvalue weighted by Crippen LogP contribution is 2.48. The molecule has 6 aromatic carbocycles. The highest BCUT2D eigenvalue weighted by atomic mass is 16.5. The van der Waals surface area contributed by atoms with Crippen molar-refractivity contribution in [2.24, 2.45) is 0 Å². The molecule has 0 radical (unpaired) electrons. The third-order valence-electron chi connectivity index (χ3n) is 9.53. The van der Waals surface area contributed by atoms with E-state index in [1.165, 1.54) is 0 Å². The van der Waals surface area contributed by atoms with E-state index in [0.29, 0.717) is 26.4 Å². The molecule has 0 spiro atoms. The number of fused-ring (bicyclic) bond motifs is 8. The summed E-state index contributed by atoms with van der Waals surface area (Å²) in [5.74, 6) is 3.43. The molecule has 258 valence electrons. The summed E-state index contributed by atoms with van der Waals surface area (Å²) in [4.78, 5) is 10.8. The zero-order chi connectivity index (χ0) is 34.5. The Bertz CT molecular complexity index is 2130. The fraction of sp³-hybridized carbons (Fsp3) is 0.364. The van der Waals surface area contributed by atoms with Gasteiger partial charge in [-0.2, -0.15) is 0 Å². The number of hydrogen-bond donors (Lipinski definition) is 0. The van der Waals surface area contributed by atoms with Crippen molar-refractivity contribution < 1.29 is 18.9 Å². The second-order valence-corrected chi connectivity index (χ2v) is 13.2. The van der Waals surface area contributed by atoms with Crippen LogP contribution in [0.5, 0.6) is 23.0 Å². The molecule has 7 rings (SSSR count). The first-order valence-electron chi connectivity index (χ1n) is 18.7. The second-order valence-electron chi connectivity index (χ2n) is 13.2. The highest BCUT2D eigenvalue weighted by Gasteiger charge is 2.23. The van der Waals surface area contributed by atoms with Crippen molar-refractivity contribution in [3.63, 3.8) is 0 Å². The molecule has 0 saturated heterocycles. The Kier molecular flexibility index (Phi) is 10.3. The predicted molar refractivity (Wildman–Crippen MR) is 209 cm³/mol. The van der Waals surface area contributed by atoms with Gasteiger partial charge in [0.15, 0.2) is 0 Å². The van der Waals surface area contributed by atoms with Crippen LogP contribution in [0.2, 0.25) is 0 Å². The second kappa shape index (κ2) is 15.4. The molecule has 0 aliphatic carbocycles. The van der Waals surface area contributed by atoms with Gasteiger partial charge in [-0.05, 0) is 49.9 Å². The lowest BCUT2D eigenvalue weighted by Crippen LogP contribution is -2.04. The summed E-state index contributed by atoms with van der Waals surface area (Å²) >= 11 is 0. The summed E-state index contributed by atoms with van der Waals surface area (Å²) in [7, 11) is 0. The molecule has 6 nitrogen and oxygen atoms in total. The lowest BCUT2D eigenvalue weighted by molar-refractivity contribution is 0.311. The van der Waals surface area contributed by atoms with E-state index in [-0.39, 0.29) is 0 Å². The third kappa shape index (κ3) is 6.21. The Morgan fingerprint density at radius 1 is 0.380 bits per heavy atom. The number of nitrogens with zero attached hydrogens (tertiary/aromatic N) is 2. The Labute approximate surface area is 294 Å². The topological polar surface area (TPSA) is 62.7 Å². The first-order valence-corrected chi connectivity index (χ1v) is 18.7. The smallest absolute Gasteiger partial charge is 0.137 e. The fourth-order valence-corrected chi connectivity index (χ4v) is 6.85. The third-order valence-corrected chi connectivity index (χ3v) is 9.53. The minimum atomic E-state index is 0.625. The van der Waals surface area contributed by atoms with Gasteiger partial charge in [0.05, 0.1) is 48.2 Å². The monoisotopic (exact) mass is 668 g/mol. The van der Waals surface area contributed by atoms with Gasteiger partial charge in [-0.3, -0.25) is 0 Å². The summed E-state index contributed by atoms with van der Waals surface area (Å²) in [6.07, 6.45) is 8.12. The van der Waals surface area contributed by atoms with Gasteiger partial charge >= 0.3 is 0 Å². The number of ether oxygens (including phenoxy) is 4. The molecule has 0 saturated carbocycles. The van der Waals surface area contributed by atoms with Crippen LogP contribution in [0.1, 0.15) is 79.1 Å². The Hall–Kier alpha value is -4.84. The molecule has 0 aliphatic rings. The molecule has 1 aromatic heterocycles. The molecule has 50 heavy (non-hydrogen) atoms. The van der Waals surface area contributed by atoms with E-state index in [0.717, 1.165) is 140 Å². The fourth-order valence-electron chi connectivity index (χ4n) is 6.85. The Morgan fingerprint density at radius 3 is 1.04 bits per heavy atom. The standard InChI is InChI=1S/C44H48N2O4/c1-5-9-25-47-41-29-17-13-15-19-31(29)43(49-27-11-7-3)37-33(41)21-23-35-39(37)45-36-24-22-34-38(40(36)46-35)44(50-28-12-8-4)32-20-16-14-18-30(32)42(34)48-26-10-6-2/h13-24H,5-12,25-28H2,1-4H3. The SMILES string of the molecule is CCCCOc1c2ccccc2c(OCCCC)c2c1ccc1nc3c(ccc4c(OCCCC)c5ccccc5c(OCCCC)c43)nc12. The van der Waals surface area contributed by atoms with E-state index in [9.17, 15) is 0 Å². The minimum Gasteiger partial charge on any atom is -0.492 e. The van der Waals surface area contributed by atoms with Gasteiger partial charge < -0.3 is 18.9 Å². The van der Waals surface area contributed by atoms with Gasteiger partial charge in [0.2, 0.25) is 0 Å². The van der Waals surface area contributed by atoms with Crippen LogP contribution in [0.25, 0.3) is 65.2 Å². The van der Waals surface area contributed by atoms with Crippen LogP contribution in [0.4, 0.5) is 0 Å². The van der Waals surface area contributed by atoms with Gasteiger partial charge in [0, 0.05) is 32.3 Å². The quantitative estimate of drug-likeness (QED) is 0.0580. The average molecular weight is 669 g/mol. The maximum absolute atomic E-state index is 6.67. The van der Waals surface area contributed by atoms with Crippen molar-refractivity contribution in [2.75, 3.05) is 26.4 Å². The number of hydrogen-bond acceptors (Lipinski definition) is 6. The summed E-state index contributed by atoms with van der Waals surface area (Å²) in [5.41, 5.74) is 3.21. The van der Waals surface area contributed by atoms with E-state index < -0.39 is 0 Å². The van der Waals surface area contributed by atoms with Crippen LogP contribution in [0.15, 0.2) is 72.8 Å². The number of rotatable bonds is 16. The van der Waals surface area contributed by atoms with Crippen LogP contribution in [-0.2, 0) is 0 Å². The Balaban J connectivity index is 1.55. The summed E-state index contributed by atoms with van der Waals surface area (Å²) in [6.45, 7) is 11.3. The van der Waals surface area contributed by atoms with Gasteiger partial charge in [-0.15, -0.1) is 0 Å².